The first-order chi connectivity index (χ1) is 14.1. The van der Waals surface area contributed by atoms with Crippen LogP contribution in [0.3, 0.4) is 0 Å². The number of rotatable bonds is 6. The number of fused-ring (bicyclic) bond motifs is 1. The number of benzene rings is 2. The number of anilines is 1. The molecule has 0 spiro atoms. The van der Waals surface area contributed by atoms with Gasteiger partial charge < -0.3 is 14.8 Å². The van der Waals surface area contributed by atoms with Crippen molar-refractivity contribution >= 4 is 21.6 Å². The van der Waals surface area contributed by atoms with Crippen LogP contribution in [0.5, 0.6) is 11.5 Å². The molecule has 1 heterocycles. The Bertz CT molecular complexity index is 997. The molecule has 30 heavy (non-hydrogen) atoms. The molecule has 0 aliphatic carbocycles. The minimum atomic E-state index is -3.53. The van der Waals surface area contributed by atoms with Gasteiger partial charge in [0.15, 0.2) is 6.10 Å². The lowest BCUT2D eigenvalue weighted by atomic mass is 9.87. The van der Waals surface area contributed by atoms with E-state index in [2.05, 4.69) is 26.1 Å². The topological polar surface area (TPSA) is 84.9 Å². The fourth-order valence-corrected chi connectivity index (χ4v) is 4.08. The lowest BCUT2D eigenvalue weighted by Gasteiger charge is -2.33. The third-order valence-electron chi connectivity index (χ3n) is 4.82. The maximum absolute atomic E-state index is 12.5. The van der Waals surface area contributed by atoms with Crippen molar-refractivity contribution in [1.82, 2.24) is 5.32 Å². The van der Waals surface area contributed by atoms with Gasteiger partial charge in [-0.1, -0.05) is 45.0 Å². The van der Waals surface area contributed by atoms with Crippen molar-refractivity contribution in [2.45, 2.75) is 32.3 Å². The smallest absolute Gasteiger partial charge is 0.263 e. The van der Waals surface area contributed by atoms with E-state index in [1.54, 1.807) is 24.3 Å². The van der Waals surface area contributed by atoms with Crippen LogP contribution in [0.4, 0.5) is 5.69 Å². The summed E-state index contributed by atoms with van der Waals surface area (Å²) in [5.41, 5.74) is 1.73. The number of amides is 1. The first-order valence-electron chi connectivity index (χ1n) is 9.80. The van der Waals surface area contributed by atoms with Crippen LogP contribution in [0, 0.1) is 0 Å². The van der Waals surface area contributed by atoms with E-state index in [0.717, 1.165) is 12.0 Å². The Morgan fingerprint density at radius 1 is 1.17 bits per heavy atom. The second kappa shape index (κ2) is 8.55. The summed E-state index contributed by atoms with van der Waals surface area (Å²) in [5.74, 6) is 0.706. The van der Waals surface area contributed by atoms with Gasteiger partial charge in [-0.15, -0.1) is 0 Å². The minimum absolute atomic E-state index is 0.0726. The third kappa shape index (κ3) is 5.24. The monoisotopic (exact) mass is 432 g/mol. The highest BCUT2D eigenvalue weighted by atomic mass is 32.2. The van der Waals surface area contributed by atoms with Crippen LogP contribution >= 0.6 is 0 Å². The van der Waals surface area contributed by atoms with Crippen LogP contribution in [-0.2, 0) is 20.2 Å². The molecule has 2 aromatic carbocycles. The maximum Gasteiger partial charge on any atom is 0.263 e. The van der Waals surface area contributed by atoms with Gasteiger partial charge in [0.1, 0.15) is 18.1 Å². The molecule has 1 amide bonds. The number of para-hydroxylation sites is 2. The Morgan fingerprint density at radius 2 is 1.83 bits per heavy atom. The van der Waals surface area contributed by atoms with Crippen molar-refractivity contribution in [2.75, 3.05) is 30.3 Å². The van der Waals surface area contributed by atoms with E-state index in [4.69, 9.17) is 9.47 Å². The minimum Gasteiger partial charge on any atom is -0.492 e. The van der Waals surface area contributed by atoms with E-state index < -0.39 is 16.1 Å². The van der Waals surface area contributed by atoms with E-state index in [9.17, 15) is 13.2 Å². The summed E-state index contributed by atoms with van der Waals surface area (Å²) >= 11 is 0. The van der Waals surface area contributed by atoms with Gasteiger partial charge in [-0.3, -0.25) is 9.10 Å². The zero-order valence-electron chi connectivity index (χ0n) is 17.7. The predicted octanol–water partition coefficient (Wildman–Crippen LogP) is 2.71. The van der Waals surface area contributed by atoms with E-state index in [0.29, 0.717) is 18.0 Å². The summed E-state index contributed by atoms with van der Waals surface area (Å²) in [4.78, 5) is 12.5. The van der Waals surface area contributed by atoms with Gasteiger partial charge in [0.2, 0.25) is 10.0 Å². The fourth-order valence-electron chi connectivity index (χ4n) is 3.16. The SMILES string of the molecule is CC(C)(C)c1ccc(OCCNC(=O)[C@H]2CN(S(C)(=O)=O)c3ccccc3O2)cc1. The second-order valence-corrected chi connectivity index (χ2v) is 10.2. The van der Waals surface area contributed by atoms with Crippen molar-refractivity contribution in [3.05, 3.63) is 54.1 Å². The highest BCUT2D eigenvalue weighted by Gasteiger charge is 2.34. The molecule has 0 radical (unpaired) electrons. The Hall–Kier alpha value is -2.74. The van der Waals surface area contributed by atoms with E-state index in [1.165, 1.54) is 9.87 Å². The van der Waals surface area contributed by atoms with Gasteiger partial charge in [-0.2, -0.15) is 0 Å². The van der Waals surface area contributed by atoms with E-state index in [1.807, 2.05) is 24.3 Å². The highest BCUT2D eigenvalue weighted by Crippen LogP contribution is 2.34. The molecule has 0 fully saturated rings. The molecule has 7 nitrogen and oxygen atoms in total. The number of carbonyl (C=O) groups is 1. The standard InChI is InChI=1S/C22H28N2O5S/c1-22(2,3)16-9-11-17(12-10-16)28-14-13-23-21(25)20-15-24(30(4,26)27)18-7-5-6-8-19(18)29-20/h5-12,20H,13-15H2,1-4H3,(H,23,25)/t20-/m1/s1. The average Bonchev–Trinajstić information content (AvgIpc) is 2.69. The Balaban J connectivity index is 1.54. The summed E-state index contributed by atoms with van der Waals surface area (Å²) in [5, 5.41) is 2.75. The van der Waals surface area contributed by atoms with Gasteiger partial charge >= 0.3 is 0 Å². The number of sulfonamides is 1. The molecule has 0 saturated carbocycles. The molecule has 1 N–H and O–H groups in total. The molecule has 1 aliphatic heterocycles. The van der Waals surface area contributed by atoms with Gasteiger partial charge in [-0.25, -0.2) is 8.42 Å². The first kappa shape index (κ1) is 22.0. The normalized spacial score (nSPS) is 16.4. The molecule has 8 heteroatoms. The van der Waals surface area contributed by atoms with Crippen LogP contribution in [0.15, 0.2) is 48.5 Å². The third-order valence-corrected chi connectivity index (χ3v) is 5.96. The van der Waals surface area contributed by atoms with Crippen molar-refractivity contribution in [1.29, 1.82) is 0 Å². The van der Waals surface area contributed by atoms with Crippen LogP contribution in [0.2, 0.25) is 0 Å². The van der Waals surface area contributed by atoms with Gasteiger partial charge in [0.25, 0.3) is 5.91 Å². The van der Waals surface area contributed by atoms with Gasteiger partial charge in [0, 0.05) is 0 Å². The Labute approximate surface area is 178 Å². The molecule has 0 unspecified atom stereocenters. The molecule has 1 aliphatic rings. The summed E-state index contributed by atoms with van der Waals surface area (Å²) < 4.78 is 36.9. The molecule has 1 atom stereocenters. The fraction of sp³-hybridized carbons (Fsp3) is 0.409. The predicted molar refractivity (Wildman–Crippen MR) is 117 cm³/mol. The Kier molecular flexibility index (Phi) is 6.26. The number of ether oxygens (including phenoxy) is 2. The van der Waals surface area contributed by atoms with Crippen LogP contribution < -0.4 is 19.1 Å². The van der Waals surface area contributed by atoms with Crippen molar-refractivity contribution in [3.63, 3.8) is 0 Å². The largest absolute Gasteiger partial charge is 0.492 e. The van der Waals surface area contributed by atoms with Crippen molar-refractivity contribution < 1.29 is 22.7 Å². The second-order valence-electron chi connectivity index (χ2n) is 8.28. The number of carbonyl (C=O) groups excluding carboxylic acids is 1. The van der Waals surface area contributed by atoms with Crippen LogP contribution in [0.25, 0.3) is 0 Å². The zero-order valence-corrected chi connectivity index (χ0v) is 18.5. The summed E-state index contributed by atoms with van der Waals surface area (Å²) in [6.07, 6.45) is 0.184. The number of nitrogens with one attached hydrogen (secondary N) is 1. The van der Waals surface area contributed by atoms with Crippen LogP contribution in [-0.4, -0.2) is 46.4 Å². The molecule has 0 saturated heterocycles. The molecule has 0 aromatic heterocycles. The zero-order chi connectivity index (χ0) is 21.9. The number of nitrogens with zero attached hydrogens (tertiary/aromatic N) is 1. The lowest BCUT2D eigenvalue weighted by Crippen LogP contribution is -2.51. The van der Waals surface area contributed by atoms with Crippen molar-refractivity contribution in [3.8, 4) is 11.5 Å². The molecular weight excluding hydrogens is 404 g/mol. The quantitative estimate of drug-likeness (QED) is 0.710. The summed E-state index contributed by atoms with van der Waals surface area (Å²) in [7, 11) is -3.53. The molecule has 162 valence electrons. The molecule has 2 aromatic rings. The van der Waals surface area contributed by atoms with Crippen LogP contribution in [0.1, 0.15) is 26.3 Å². The summed E-state index contributed by atoms with van der Waals surface area (Å²) in [6, 6.07) is 14.6. The maximum atomic E-state index is 12.5. The summed E-state index contributed by atoms with van der Waals surface area (Å²) in [6.45, 7) is 6.94. The average molecular weight is 433 g/mol. The lowest BCUT2D eigenvalue weighted by molar-refractivity contribution is -0.127. The van der Waals surface area contributed by atoms with E-state index in [-0.39, 0.29) is 24.4 Å². The molecule has 0 bridgehead atoms. The van der Waals surface area contributed by atoms with E-state index >= 15 is 0 Å². The number of hydrogen-bond acceptors (Lipinski definition) is 5. The molecule has 3 rings (SSSR count). The first-order valence-corrected chi connectivity index (χ1v) is 11.6. The molecular formula is C22H28N2O5S. The van der Waals surface area contributed by atoms with Gasteiger partial charge in [0.05, 0.1) is 25.0 Å². The number of hydrogen-bond donors (Lipinski definition) is 1. The Morgan fingerprint density at radius 3 is 2.47 bits per heavy atom. The van der Waals surface area contributed by atoms with Crippen molar-refractivity contribution in [2.24, 2.45) is 0 Å². The highest BCUT2D eigenvalue weighted by molar-refractivity contribution is 7.92. The van der Waals surface area contributed by atoms with Gasteiger partial charge in [-0.05, 0) is 35.2 Å².